The Labute approximate surface area is 275 Å². The van der Waals surface area contributed by atoms with Crippen molar-refractivity contribution in [3.8, 4) is 0 Å². The molecule has 2 aliphatic heterocycles. The first-order valence-corrected chi connectivity index (χ1v) is 17.9. The van der Waals surface area contributed by atoms with Crippen molar-refractivity contribution in [2.75, 3.05) is 6.61 Å². The first-order chi connectivity index (χ1) is 22.0. The molecule has 0 aromatic rings. The zero-order valence-electron chi connectivity index (χ0n) is 28.6. The van der Waals surface area contributed by atoms with Crippen LogP contribution in [0, 0.1) is 0 Å². The van der Waals surface area contributed by atoms with Gasteiger partial charge in [0.25, 0.3) is 0 Å². The highest BCUT2D eigenvalue weighted by Gasteiger charge is 2.50. The highest BCUT2D eigenvalue weighted by atomic mass is 16.8. The smallest absolute Gasteiger partial charge is 0.308 e. The van der Waals surface area contributed by atoms with Gasteiger partial charge in [0.2, 0.25) is 0 Å². The third-order valence-electron chi connectivity index (χ3n) is 9.09. The molecule has 12 atom stereocenters. The molecule has 0 saturated carbocycles. The van der Waals surface area contributed by atoms with Crippen LogP contribution in [0.15, 0.2) is 0 Å². The van der Waals surface area contributed by atoms with E-state index in [0.717, 1.165) is 51.4 Å². The standard InChI is InChI=1S/C34H64O12/c1-5-7-9-11-12-14-16-18-25(21-26(36)42-20-19-24(35)17-15-13-10-8-6-2)45-34-32(30(40)28(38)23(4)44-34)46-33-31(41)29(39)27(37)22(3)43-33/h22-25,27-35,37-41H,5-21H2,1-4H3/t22-,23-,24?,25?,27-,28-,29+,30+,31+,32+,33-,34-/m0/s1. The van der Waals surface area contributed by atoms with Gasteiger partial charge in [-0.05, 0) is 26.7 Å². The summed E-state index contributed by atoms with van der Waals surface area (Å²) in [6.07, 6.45) is 0.0994. The average Bonchev–Trinajstić information content (AvgIpc) is 3.02. The molecular formula is C34H64O12. The van der Waals surface area contributed by atoms with Gasteiger partial charge >= 0.3 is 5.97 Å². The van der Waals surface area contributed by atoms with Crippen molar-refractivity contribution in [3.05, 3.63) is 0 Å². The van der Waals surface area contributed by atoms with Crippen molar-refractivity contribution in [1.82, 2.24) is 0 Å². The van der Waals surface area contributed by atoms with Gasteiger partial charge in [0.15, 0.2) is 12.6 Å². The summed E-state index contributed by atoms with van der Waals surface area (Å²) in [6, 6.07) is 0. The van der Waals surface area contributed by atoms with Crippen molar-refractivity contribution < 1.29 is 59.1 Å². The second-order valence-corrected chi connectivity index (χ2v) is 13.2. The van der Waals surface area contributed by atoms with E-state index in [9.17, 15) is 35.4 Å². The van der Waals surface area contributed by atoms with E-state index in [1.807, 2.05) is 0 Å². The van der Waals surface area contributed by atoms with Crippen LogP contribution in [-0.2, 0) is 28.5 Å². The highest BCUT2D eigenvalue weighted by Crippen LogP contribution is 2.31. The van der Waals surface area contributed by atoms with E-state index in [1.54, 1.807) is 6.92 Å². The molecule has 272 valence electrons. The molecule has 46 heavy (non-hydrogen) atoms. The maximum Gasteiger partial charge on any atom is 0.308 e. The number of hydrogen-bond donors (Lipinski definition) is 6. The topological polar surface area (TPSA) is 185 Å². The molecule has 2 fully saturated rings. The fourth-order valence-corrected chi connectivity index (χ4v) is 5.96. The Bertz CT molecular complexity index is 802. The number of esters is 1. The Morgan fingerprint density at radius 1 is 0.652 bits per heavy atom. The molecule has 0 aromatic heterocycles. The van der Waals surface area contributed by atoms with Crippen molar-refractivity contribution in [2.45, 2.75) is 204 Å². The lowest BCUT2D eigenvalue weighted by Gasteiger charge is -2.46. The van der Waals surface area contributed by atoms with Crippen LogP contribution < -0.4 is 0 Å². The summed E-state index contributed by atoms with van der Waals surface area (Å²) in [4.78, 5) is 12.9. The summed E-state index contributed by atoms with van der Waals surface area (Å²) >= 11 is 0. The van der Waals surface area contributed by atoms with Gasteiger partial charge in [-0.2, -0.15) is 0 Å². The van der Waals surface area contributed by atoms with Gasteiger partial charge in [0.05, 0.1) is 37.4 Å². The van der Waals surface area contributed by atoms with Crippen LogP contribution in [0.3, 0.4) is 0 Å². The predicted molar refractivity (Wildman–Crippen MR) is 171 cm³/mol. The van der Waals surface area contributed by atoms with E-state index < -0.39 is 79.6 Å². The van der Waals surface area contributed by atoms with E-state index in [0.29, 0.717) is 19.3 Å². The lowest BCUT2D eigenvalue weighted by Crippen LogP contribution is -2.63. The van der Waals surface area contributed by atoms with Crippen LogP contribution in [-0.4, -0.2) is 117 Å². The van der Waals surface area contributed by atoms with Gasteiger partial charge in [-0.15, -0.1) is 0 Å². The van der Waals surface area contributed by atoms with E-state index in [2.05, 4.69) is 13.8 Å². The number of hydrogen-bond acceptors (Lipinski definition) is 12. The molecule has 0 aromatic carbocycles. The Morgan fingerprint density at radius 2 is 1.17 bits per heavy atom. The molecule has 2 unspecified atom stereocenters. The first kappa shape index (κ1) is 41.2. The van der Waals surface area contributed by atoms with E-state index >= 15 is 0 Å². The number of carbonyl (C=O) groups is 1. The van der Waals surface area contributed by atoms with Crippen molar-refractivity contribution >= 4 is 5.97 Å². The van der Waals surface area contributed by atoms with Gasteiger partial charge < -0.3 is 54.3 Å². The minimum Gasteiger partial charge on any atom is -0.465 e. The second-order valence-electron chi connectivity index (χ2n) is 13.2. The molecule has 2 rings (SSSR count). The monoisotopic (exact) mass is 664 g/mol. The highest BCUT2D eigenvalue weighted by molar-refractivity contribution is 5.69. The van der Waals surface area contributed by atoms with Crippen LogP contribution in [0.2, 0.25) is 0 Å². The number of aliphatic hydroxyl groups is 6. The largest absolute Gasteiger partial charge is 0.465 e. The van der Waals surface area contributed by atoms with Crippen LogP contribution in [0.25, 0.3) is 0 Å². The Balaban J connectivity index is 2.03. The zero-order valence-corrected chi connectivity index (χ0v) is 28.6. The Hall–Kier alpha value is -0.930. The third kappa shape index (κ3) is 14.3. The molecule has 0 spiro atoms. The molecule has 12 nitrogen and oxygen atoms in total. The normalized spacial score (nSPS) is 33.1. The van der Waals surface area contributed by atoms with Gasteiger partial charge in [-0.1, -0.05) is 90.9 Å². The lowest BCUT2D eigenvalue weighted by molar-refractivity contribution is -0.366. The SMILES string of the molecule is CCCCCCCCCC(CC(=O)OCCC(O)CCCCCCC)O[C@@H]1O[C@@H](C)[C@H](O)[C@@H](O)[C@H]1O[C@@H]1O[C@@H](C)[C@H](O)[C@@H](O)[C@H]1O. The van der Waals surface area contributed by atoms with Crippen molar-refractivity contribution in [1.29, 1.82) is 0 Å². The van der Waals surface area contributed by atoms with E-state index in [-0.39, 0.29) is 13.0 Å². The lowest BCUT2D eigenvalue weighted by atomic mass is 9.97. The summed E-state index contributed by atoms with van der Waals surface area (Å²) in [6.45, 7) is 7.50. The number of ether oxygens (including phenoxy) is 5. The second kappa shape index (κ2) is 22.7. The number of aliphatic hydroxyl groups excluding tert-OH is 6. The average molecular weight is 665 g/mol. The van der Waals surface area contributed by atoms with Crippen LogP contribution in [0.5, 0.6) is 0 Å². The molecule has 2 heterocycles. The molecule has 12 heteroatoms. The van der Waals surface area contributed by atoms with E-state index in [1.165, 1.54) is 32.6 Å². The van der Waals surface area contributed by atoms with Crippen molar-refractivity contribution in [2.24, 2.45) is 0 Å². The molecule has 2 aliphatic rings. The summed E-state index contributed by atoms with van der Waals surface area (Å²) in [5, 5.41) is 62.6. The molecule has 0 amide bonds. The summed E-state index contributed by atoms with van der Waals surface area (Å²) in [5.74, 6) is -0.484. The predicted octanol–water partition coefficient (Wildman–Crippen LogP) is 3.24. The maximum atomic E-state index is 12.9. The quantitative estimate of drug-likeness (QED) is 0.0694. The summed E-state index contributed by atoms with van der Waals surface area (Å²) in [5.41, 5.74) is 0. The maximum absolute atomic E-state index is 12.9. The van der Waals surface area contributed by atoms with Gasteiger partial charge in [0, 0.05) is 6.42 Å². The Kier molecular flexibility index (Phi) is 20.3. The molecule has 2 saturated heterocycles. The van der Waals surface area contributed by atoms with Crippen LogP contribution >= 0.6 is 0 Å². The molecule has 0 radical (unpaired) electrons. The van der Waals surface area contributed by atoms with Gasteiger partial charge in [-0.25, -0.2) is 0 Å². The minimum absolute atomic E-state index is 0.0902. The van der Waals surface area contributed by atoms with Gasteiger partial charge in [0.1, 0.15) is 36.6 Å². The fourth-order valence-electron chi connectivity index (χ4n) is 5.96. The van der Waals surface area contributed by atoms with E-state index in [4.69, 9.17) is 23.7 Å². The zero-order chi connectivity index (χ0) is 34.1. The third-order valence-corrected chi connectivity index (χ3v) is 9.09. The summed E-state index contributed by atoms with van der Waals surface area (Å²) in [7, 11) is 0. The molecule has 0 aliphatic carbocycles. The van der Waals surface area contributed by atoms with Crippen LogP contribution in [0.4, 0.5) is 0 Å². The molecule has 6 N–H and O–H groups in total. The fraction of sp³-hybridized carbons (Fsp3) is 0.971. The van der Waals surface area contributed by atoms with Crippen LogP contribution in [0.1, 0.15) is 130 Å². The number of carbonyl (C=O) groups excluding carboxylic acids is 1. The molecule has 0 bridgehead atoms. The van der Waals surface area contributed by atoms with Crippen molar-refractivity contribution in [3.63, 3.8) is 0 Å². The first-order valence-electron chi connectivity index (χ1n) is 17.9. The molecular weight excluding hydrogens is 600 g/mol. The van der Waals surface area contributed by atoms with Gasteiger partial charge in [-0.3, -0.25) is 4.79 Å². The number of rotatable bonds is 23. The summed E-state index contributed by atoms with van der Waals surface area (Å²) < 4.78 is 29.0. The Morgan fingerprint density at radius 3 is 1.78 bits per heavy atom. The number of unbranched alkanes of at least 4 members (excludes halogenated alkanes) is 10. The minimum atomic E-state index is -1.64.